The van der Waals surface area contributed by atoms with E-state index in [0.29, 0.717) is 17.8 Å². The Balaban J connectivity index is 1.34. The zero-order valence-corrected chi connectivity index (χ0v) is 19.8. The molecule has 35 heavy (non-hydrogen) atoms. The average molecular weight is 488 g/mol. The molecule has 1 N–H and O–H groups in total. The third-order valence-electron chi connectivity index (χ3n) is 5.92. The Morgan fingerprint density at radius 3 is 2.31 bits per heavy atom. The molecule has 0 spiro atoms. The lowest BCUT2D eigenvalue weighted by molar-refractivity contribution is -0.137. The fourth-order valence-corrected chi connectivity index (χ4v) is 4.25. The first-order valence-electron chi connectivity index (χ1n) is 11.4. The maximum Gasteiger partial charge on any atom is 0.417 e. The van der Waals surface area contributed by atoms with Gasteiger partial charge in [-0.25, -0.2) is 9.67 Å². The van der Waals surface area contributed by atoms with Gasteiger partial charge >= 0.3 is 6.18 Å². The number of nitrogens with one attached hydrogen (secondary N) is 1. The summed E-state index contributed by atoms with van der Waals surface area (Å²) >= 11 is 0. The van der Waals surface area contributed by atoms with E-state index in [-0.39, 0.29) is 23.9 Å². The van der Waals surface area contributed by atoms with Crippen LogP contribution in [0.15, 0.2) is 48.8 Å². The number of ether oxygens (including phenoxy) is 1. The number of carbonyl (C=O) groups is 1. The minimum absolute atomic E-state index is 0.203. The van der Waals surface area contributed by atoms with Crippen LogP contribution in [-0.2, 0) is 24.0 Å². The molecule has 2 unspecified atom stereocenters. The van der Waals surface area contributed by atoms with Crippen LogP contribution in [0.5, 0.6) is 0 Å². The van der Waals surface area contributed by atoms with E-state index in [0.717, 1.165) is 37.5 Å². The number of rotatable bonds is 6. The van der Waals surface area contributed by atoms with Crippen LogP contribution in [0.2, 0.25) is 0 Å². The lowest BCUT2D eigenvalue weighted by Gasteiger charge is -2.35. The van der Waals surface area contributed by atoms with E-state index >= 15 is 0 Å². The standard InChI is InChI=1S/C25H28F3N5O2/c1-16-13-32(14-17(2)35-16)15-20-6-4-19(5-7-20)10-30-24(34)22-12-31-33(18(22)3)23-9-8-21(11-29-23)25(26,27)28/h4-9,11-12,16-17H,10,13-15H2,1-3H3,(H,30,34). The molecule has 1 aliphatic rings. The van der Waals surface area contributed by atoms with E-state index < -0.39 is 11.7 Å². The molecule has 2 atom stereocenters. The van der Waals surface area contributed by atoms with E-state index in [1.165, 1.54) is 22.5 Å². The van der Waals surface area contributed by atoms with Gasteiger partial charge in [0.15, 0.2) is 5.82 Å². The highest BCUT2D eigenvalue weighted by atomic mass is 19.4. The Morgan fingerprint density at radius 2 is 1.71 bits per heavy atom. The van der Waals surface area contributed by atoms with Crippen LogP contribution < -0.4 is 5.32 Å². The number of halogens is 3. The van der Waals surface area contributed by atoms with Gasteiger partial charge in [-0.1, -0.05) is 24.3 Å². The van der Waals surface area contributed by atoms with Gasteiger partial charge in [-0.3, -0.25) is 9.69 Å². The largest absolute Gasteiger partial charge is 0.417 e. The van der Waals surface area contributed by atoms with Crippen LogP contribution in [0.1, 0.15) is 46.6 Å². The highest BCUT2D eigenvalue weighted by Gasteiger charge is 2.31. The van der Waals surface area contributed by atoms with Gasteiger partial charge in [-0.15, -0.1) is 0 Å². The Kier molecular flexibility index (Phi) is 7.23. The molecule has 1 saturated heterocycles. The summed E-state index contributed by atoms with van der Waals surface area (Å²) < 4.78 is 45.4. The van der Waals surface area contributed by atoms with Crippen molar-refractivity contribution in [2.24, 2.45) is 0 Å². The number of alkyl halides is 3. The first-order valence-corrected chi connectivity index (χ1v) is 11.4. The average Bonchev–Trinajstić information content (AvgIpc) is 3.18. The molecule has 186 valence electrons. The minimum atomic E-state index is -4.46. The molecule has 1 amide bonds. The summed E-state index contributed by atoms with van der Waals surface area (Å²) in [6, 6.07) is 10.3. The maximum atomic E-state index is 12.8. The number of amides is 1. The summed E-state index contributed by atoms with van der Waals surface area (Å²) in [6.07, 6.45) is -1.89. The molecule has 1 fully saturated rings. The molecular weight excluding hydrogens is 459 g/mol. The molecule has 2 aromatic heterocycles. The molecule has 10 heteroatoms. The zero-order chi connectivity index (χ0) is 25.2. The van der Waals surface area contributed by atoms with E-state index in [9.17, 15) is 18.0 Å². The van der Waals surface area contributed by atoms with Crippen LogP contribution in [0.25, 0.3) is 5.82 Å². The van der Waals surface area contributed by atoms with Crippen molar-refractivity contribution in [1.29, 1.82) is 0 Å². The Hall–Kier alpha value is -3.24. The molecule has 1 aromatic carbocycles. The number of hydrogen-bond acceptors (Lipinski definition) is 5. The number of pyridine rings is 1. The first kappa shape index (κ1) is 24.9. The molecule has 3 heterocycles. The van der Waals surface area contributed by atoms with Crippen molar-refractivity contribution in [1.82, 2.24) is 25.0 Å². The SMILES string of the molecule is Cc1c(C(=O)NCc2ccc(CN3CC(C)OC(C)C3)cc2)cnn1-c1ccc(C(F)(F)F)cn1. The quantitative estimate of drug-likeness (QED) is 0.566. The zero-order valence-electron chi connectivity index (χ0n) is 19.8. The predicted molar refractivity (Wildman–Crippen MR) is 124 cm³/mol. The van der Waals surface area contributed by atoms with Gasteiger partial charge in [0.1, 0.15) is 0 Å². The Morgan fingerprint density at radius 1 is 1.06 bits per heavy atom. The van der Waals surface area contributed by atoms with E-state index in [1.807, 2.05) is 12.1 Å². The van der Waals surface area contributed by atoms with E-state index in [1.54, 1.807) is 6.92 Å². The highest BCUT2D eigenvalue weighted by Crippen LogP contribution is 2.28. The smallest absolute Gasteiger partial charge is 0.373 e. The van der Waals surface area contributed by atoms with Gasteiger partial charge in [0, 0.05) is 32.4 Å². The number of benzene rings is 1. The third kappa shape index (κ3) is 6.07. The number of hydrogen-bond donors (Lipinski definition) is 1. The molecule has 1 aliphatic heterocycles. The van der Waals surface area contributed by atoms with Gasteiger partial charge in [0.2, 0.25) is 0 Å². The van der Waals surface area contributed by atoms with Crippen molar-refractivity contribution < 1.29 is 22.7 Å². The predicted octanol–water partition coefficient (Wildman–Crippen LogP) is 4.13. The molecular formula is C25H28F3N5O2. The fourth-order valence-electron chi connectivity index (χ4n) is 4.25. The van der Waals surface area contributed by atoms with Crippen molar-refractivity contribution in [3.8, 4) is 5.82 Å². The van der Waals surface area contributed by atoms with Gasteiger partial charge in [0.05, 0.1) is 35.2 Å². The van der Waals surface area contributed by atoms with Crippen LogP contribution in [0.4, 0.5) is 13.2 Å². The minimum Gasteiger partial charge on any atom is -0.373 e. The van der Waals surface area contributed by atoms with Crippen molar-refractivity contribution in [2.45, 2.75) is 52.2 Å². The summed E-state index contributed by atoms with van der Waals surface area (Å²) in [5, 5.41) is 7.00. The molecule has 7 nitrogen and oxygen atoms in total. The second-order valence-corrected chi connectivity index (χ2v) is 8.91. The first-order chi connectivity index (χ1) is 16.6. The number of nitrogens with zero attached hydrogens (tertiary/aromatic N) is 4. The van der Waals surface area contributed by atoms with Crippen LogP contribution in [-0.4, -0.2) is 50.9 Å². The number of aromatic nitrogens is 3. The topological polar surface area (TPSA) is 72.3 Å². The summed E-state index contributed by atoms with van der Waals surface area (Å²) in [4.78, 5) is 18.9. The van der Waals surface area contributed by atoms with Crippen molar-refractivity contribution in [2.75, 3.05) is 13.1 Å². The molecule has 0 radical (unpaired) electrons. The normalized spacial score (nSPS) is 19.0. The monoisotopic (exact) mass is 487 g/mol. The van der Waals surface area contributed by atoms with Crippen LogP contribution in [0.3, 0.4) is 0 Å². The molecule has 0 saturated carbocycles. The van der Waals surface area contributed by atoms with E-state index in [2.05, 4.69) is 46.3 Å². The third-order valence-corrected chi connectivity index (χ3v) is 5.92. The van der Waals surface area contributed by atoms with Gasteiger partial charge in [-0.2, -0.15) is 18.3 Å². The second kappa shape index (κ2) is 10.2. The number of carbonyl (C=O) groups excluding carboxylic acids is 1. The van der Waals surface area contributed by atoms with Crippen LogP contribution in [0, 0.1) is 6.92 Å². The lowest BCUT2D eigenvalue weighted by atomic mass is 10.1. The van der Waals surface area contributed by atoms with Gasteiger partial charge < -0.3 is 10.1 Å². The van der Waals surface area contributed by atoms with E-state index in [4.69, 9.17) is 4.74 Å². The highest BCUT2D eigenvalue weighted by molar-refractivity contribution is 5.95. The summed E-state index contributed by atoms with van der Waals surface area (Å²) in [5.41, 5.74) is 2.13. The molecule has 0 aliphatic carbocycles. The second-order valence-electron chi connectivity index (χ2n) is 8.91. The molecule has 0 bridgehead atoms. The number of morpholine rings is 1. The summed E-state index contributed by atoms with van der Waals surface area (Å²) in [7, 11) is 0. The Labute approximate surface area is 201 Å². The molecule has 4 rings (SSSR count). The molecule has 3 aromatic rings. The van der Waals surface area contributed by atoms with Crippen LogP contribution >= 0.6 is 0 Å². The van der Waals surface area contributed by atoms with Gasteiger partial charge in [0.25, 0.3) is 5.91 Å². The summed E-state index contributed by atoms with van der Waals surface area (Å²) in [6.45, 7) is 8.83. The van der Waals surface area contributed by atoms with Crippen molar-refractivity contribution in [3.63, 3.8) is 0 Å². The van der Waals surface area contributed by atoms with Gasteiger partial charge in [-0.05, 0) is 44.0 Å². The summed E-state index contributed by atoms with van der Waals surface area (Å²) in [5.74, 6) is -0.116. The fraction of sp³-hybridized carbons (Fsp3) is 0.400. The Bertz CT molecular complexity index is 1150. The lowest BCUT2D eigenvalue weighted by Crippen LogP contribution is -2.44. The maximum absolute atomic E-state index is 12.8. The van der Waals surface area contributed by atoms with Crippen molar-refractivity contribution >= 4 is 5.91 Å². The van der Waals surface area contributed by atoms with Crippen molar-refractivity contribution in [3.05, 3.63) is 76.7 Å².